The van der Waals surface area contributed by atoms with Crippen LogP contribution in [0.15, 0.2) is 24.3 Å². The van der Waals surface area contributed by atoms with E-state index in [1.165, 1.54) is 0 Å². The Kier molecular flexibility index (Phi) is 4.32. The van der Waals surface area contributed by atoms with Crippen LogP contribution in [-0.4, -0.2) is 37.1 Å². The van der Waals surface area contributed by atoms with E-state index >= 15 is 0 Å². The number of fused-ring (bicyclic) bond motifs is 1. The normalized spacial score (nSPS) is 24.8. The number of anilines is 1. The molecule has 2 saturated heterocycles. The van der Waals surface area contributed by atoms with Gasteiger partial charge in [-0.15, -0.1) is 12.4 Å². The van der Waals surface area contributed by atoms with Gasteiger partial charge in [-0.2, -0.15) is 0 Å². The van der Waals surface area contributed by atoms with Crippen molar-refractivity contribution in [3.8, 4) is 0 Å². The van der Waals surface area contributed by atoms with Gasteiger partial charge in [-0.3, -0.25) is 0 Å². The van der Waals surface area contributed by atoms with Gasteiger partial charge in [0, 0.05) is 31.9 Å². The average molecular weight is 282 g/mol. The van der Waals surface area contributed by atoms with Crippen LogP contribution in [0.2, 0.25) is 0 Å². The molecule has 0 aromatic heterocycles. The third-order valence-corrected chi connectivity index (χ3v) is 3.95. The van der Waals surface area contributed by atoms with Gasteiger partial charge in [0.05, 0.1) is 0 Å². The standard InChI is InChI=1S/C14H19N3O.ClH/c1-10-3-2-4-13(5-10)16-14(18)17-8-11-6-15-7-12(11)9-17;/h2-5,11-12,15H,6-9H2,1H3,(H,16,18);1H. The molecule has 1 aromatic rings. The maximum atomic E-state index is 12.2. The maximum Gasteiger partial charge on any atom is 0.321 e. The zero-order chi connectivity index (χ0) is 12.5. The molecule has 1 aromatic carbocycles. The topological polar surface area (TPSA) is 44.4 Å². The summed E-state index contributed by atoms with van der Waals surface area (Å²) < 4.78 is 0. The number of benzene rings is 1. The summed E-state index contributed by atoms with van der Waals surface area (Å²) in [6.07, 6.45) is 0. The molecule has 2 N–H and O–H groups in total. The summed E-state index contributed by atoms with van der Waals surface area (Å²) in [4.78, 5) is 14.1. The molecule has 3 rings (SSSR count). The molecule has 4 nitrogen and oxygen atoms in total. The lowest BCUT2D eigenvalue weighted by molar-refractivity contribution is 0.219. The second-order valence-electron chi connectivity index (χ2n) is 5.38. The van der Waals surface area contributed by atoms with Crippen molar-refractivity contribution < 1.29 is 4.79 Å². The molecule has 104 valence electrons. The summed E-state index contributed by atoms with van der Waals surface area (Å²) in [5.74, 6) is 1.29. The van der Waals surface area contributed by atoms with E-state index in [2.05, 4.69) is 10.6 Å². The fourth-order valence-electron chi connectivity index (χ4n) is 2.95. The van der Waals surface area contributed by atoms with Crippen molar-refractivity contribution in [3.05, 3.63) is 29.8 Å². The van der Waals surface area contributed by atoms with Gasteiger partial charge in [0.25, 0.3) is 0 Å². The summed E-state index contributed by atoms with van der Waals surface area (Å²) in [6.45, 7) is 5.91. The minimum absolute atomic E-state index is 0. The van der Waals surface area contributed by atoms with Crippen molar-refractivity contribution in [2.75, 3.05) is 31.5 Å². The van der Waals surface area contributed by atoms with Crippen LogP contribution < -0.4 is 10.6 Å². The number of amides is 2. The van der Waals surface area contributed by atoms with Crippen LogP contribution in [-0.2, 0) is 0 Å². The largest absolute Gasteiger partial charge is 0.324 e. The van der Waals surface area contributed by atoms with Gasteiger partial charge in [-0.25, -0.2) is 4.79 Å². The summed E-state index contributed by atoms with van der Waals surface area (Å²) in [5.41, 5.74) is 2.05. The van der Waals surface area contributed by atoms with Crippen LogP contribution in [0, 0.1) is 18.8 Å². The quantitative estimate of drug-likeness (QED) is 0.828. The Hall–Kier alpha value is -1.26. The number of hydrogen-bond donors (Lipinski definition) is 2. The molecule has 0 saturated carbocycles. The van der Waals surface area contributed by atoms with Gasteiger partial charge in [0.15, 0.2) is 0 Å². The van der Waals surface area contributed by atoms with Crippen LogP contribution in [0.3, 0.4) is 0 Å². The van der Waals surface area contributed by atoms with E-state index in [1.807, 2.05) is 36.1 Å². The Morgan fingerprint density at radius 2 is 2.00 bits per heavy atom. The first-order valence-corrected chi connectivity index (χ1v) is 6.55. The zero-order valence-corrected chi connectivity index (χ0v) is 11.9. The van der Waals surface area contributed by atoms with Gasteiger partial charge in [0.2, 0.25) is 0 Å². The predicted molar refractivity (Wildman–Crippen MR) is 78.9 cm³/mol. The van der Waals surface area contributed by atoms with Crippen molar-refractivity contribution in [1.29, 1.82) is 0 Å². The van der Waals surface area contributed by atoms with Crippen LogP contribution in [0.1, 0.15) is 5.56 Å². The fourth-order valence-corrected chi connectivity index (χ4v) is 2.95. The Bertz CT molecular complexity index is 454. The lowest BCUT2D eigenvalue weighted by Gasteiger charge is -2.18. The van der Waals surface area contributed by atoms with E-state index in [9.17, 15) is 4.79 Å². The van der Waals surface area contributed by atoms with Gasteiger partial charge in [-0.1, -0.05) is 12.1 Å². The van der Waals surface area contributed by atoms with Crippen LogP contribution in [0.5, 0.6) is 0 Å². The highest BCUT2D eigenvalue weighted by atomic mass is 35.5. The number of nitrogens with zero attached hydrogens (tertiary/aromatic N) is 1. The smallest absolute Gasteiger partial charge is 0.321 e. The number of urea groups is 1. The molecular weight excluding hydrogens is 262 g/mol. The van der Waals surface area contributed by atoms with E-state index in [-0.39, 0.29) is 18.4 Å². The van der Waals surface area contributed by atoms with Crippen LogP contribution >= 0.6 is 12.4 Å². The van der Waals surface area contributed by atoms with Gasteiger partial charge < -0.3 is 15.5 Å². The molecule has 2 aliphatic heterocycles. The molecule has 0 spiro atoms. The second kappa shape index (κ2) is 5.80. The van der Waals surface area contributed by atoms with Crippen molar-refractivity contribution in [3.63, 3.8) is 0 Å². The molecule has 0 bridgehead atoms. The molecule has 2 amide bonds. The summed E-state index contributed by atoms with van der Waals surface area (Å²) >= 11 is 0. The predicted octanol–water partition coefficient (Wildman–Crippen LogP) is 2.10. The summed E-state index contributed by atoms with van der Waals surface area (Å²) in [7, 11) is 0. The van der Waals surface area contributed by atoms with Crippen molar-refractivity contribution in [1.82, 2.24) is 10.2 Å². The SMILES string of the molecule is Cc1cccc(NC(=O)N2CC3CNCC3C2)c1.Cl. The van der Waals surface area contributed by atoms with Crippen molar-refractivity contribution >= 4 is 24.1 Å². The Morgan fingerprint density at radius 3 is 2.63 bits per heavy atom. The number of rotatable bonds is 1. The monoisotopic (exact) mass is 281 g/mol. The number of aryl methyl sites for hydroxylation is 1. The Labute approximate surface area is 120 Å². The van der Waals surface area contributed by atoms with E-state index in [4.69, 9.17) is 0 Å². The number of nitrogens with one attached hydrogen (secondary N) is 2. The molecule has 2 unspecified atom stereocenters. The van der Waals surface area contributed by atoms with E-state index < -0.39 is 0 Å². The highest BCUT2D eigenvalue weighted by Gasteiger charge is 2.37. The Balaban J connectivity index is 0.00000133. The molecule has 2 atom stereocenters. The molecule has 2 heterocycles. The first kappa shape index (κ1) is 14.2. The average Bonchev–Trinajstić information content (AvgIpc) is 2.88. The van der Waals surface area contributed by atoms with E-state index in [1.54, 1.807) is 0 Å². The third-order valence-electron chi connectivity index (χ3n) is 3.95. The fraction of sp³-hybridized carbons (Fsp3) is 0.500. The lowest BCUT2D eigenvalue weighted by atomic mass is 10.0. The molecule has 19 heavy (non-hydrogen) atoms. The van der Waals surface area contributed by atoms with Gasteiger partial charge in [0.1, 0.15) is 0 Å². The zero-order valence-electron chi connectivity index (χ0n) is 11.1. The number of likely N-dealkylation sites (tertiary alicyclic amines) is 1. The lowest BCUT2D eigenvalue weighted by Crippen LogP contribution is -2.35. The first-order chi connectivity index (χ1) is 8.72. The van der Waals surface area contributed by atoms with Crippen LogP contribution in [0.25, 0.3) is 0 Å². The van der Waals surface area contributed by atoms with Gasteiger partial charge >= 0.3 is 6.03 Å². The summed E-state index contributed by atoms with van der Waals surface area (Å²) in [6, 6.07) is 7.96. The second-order valence-corrected chi connectivity index (χ2v) is 5.38. The third kappa shape index (κ3) is 3.01. The number of hydrogen-bond acceptors (Lipinski definition) is 2. The van der Waals surface area contributed by atoms with E-state index in [0.717, 1.165) is 37.4 Å². The minimum atomic E-state index is 0. The maximum absolute atomic E-state index is 12.2. The molecule has 0 aliphatic carbocycles. The molecule has 2 aliphatic rings. The molecule has 5 heteroatoms. The molecule has 2 fully saturated rings. The minimum Gasteiger partial charge on any atom is -0.324 e. The van der Waals surface area contributed by atoms with E-state index in [0.29, 0.717) is 11.8 Å². The molecular formula is C14H20ClN3O. The van der Waals surface area contributed by atoms with Crippen molar-refractivity contribution in [2.24, 2.45) is 11.8 Å². The van der Waals surface area contributed by atoms with Crippen LogP contribution in [0.4, 0.5) is 10.5 Å². The van der Waals surface area contributed by atoms with Gasteiger partial charge in [-0.05, 0) is 36.5 Å². The molecule has 0 radical (unpaired) electrons. The van der Waals surface area contributed by atoms with Crippen molar-refractivity contribution in [2.45, 2.75) is 6.92 Å². The Morgan fingerprint density at radius 1 is 1.32 bits per heavy atom. The number of carbonyl (C=O) groups is 1. The highest BCUT2D eigenvalue weighted by Crippen LogP contribution is 2.26. The highest BCUT2D eigenvalue weighted by molar-refractivity contribution is 5.89. The first-order valence-electron chi connectivity index (χ1n) is 6.55. The summed E-state index contributed by atoms with van der Waals surface area (Å²) in [5, 5.41) is 6.36. The number of halogens is 1. The number of carbonyl (C=O) groups excluding carboxylic acids is 1.